The van der Waals surface area contributed by atoms with Gasteiger partial charge in [0.05, 0.1) is 5.56 Å². The molecule has 0 radical (unpaired) electrons. The third kappa shape index (κ3) is 4.99. The number of halogens is 1. The van der Waals surface area contributed by atoms with Gasteiger partial charge in [0.25, 0.3) is 15.9 Å². The lowest BCUT2D eigenvalue weighted by atomic mass is 10.0. The van der Waals surface area contributed by atoms with Gasteiger partial charge in [0.1, 0.15) is 23.3 Å². The van der Waals surface area contributed by atoms with Crippen LogP contribution >= 0.6 is 0 Å². The summed E-state index contributed by atoms with van der Waals surface area (Å²) in [5.74, 6) is -2.47. The number of sulfonamides is 1. The zero-order chi connectivity index (χ0) is 25.9. The molecule has 0 saturated heterocycles. The summed E-state index contributed by atoms with van der Waals surface area (Å²) in [4.78, 5) is 40.5. The number of rotatable bonds is 8. The lowest BCUT2D eigenvalue weighted by molar-refractivity contribution is -0.140. The van der Waals surface area contributed by atoms with Gasteiger partial charge < -0.3 is 10.2 Å². The third-order valence-corrected chi connectivity index (χ3v) is 7.76. The molecule has 0 aliphatic carbocycles. The minimum atomic E-state index is -4.23. The fourth-order valence-corrected chi connectivity index (χ4v) is 5.63. The smallest absolute Gasteiger partial charge is 0.269 e. The highest BCUT2D eigenvalue weighted by Gasteiger charge is 2.43. The number of hydrogen-bond acceptors (Lipinski definition) is 5. The van der Waals surface area contributed by atoms with E-state index in [0.717, 1.165) is 5.56 Å². The van der Waals surface area contributed by atoms with E-state index in [1.54, 1.807) is 18.2 Å². The number of carbonyl (C=O) groups excluding carboxylic acids is 3. The van der Waals surface area contributed by atoms with Crippen LogP contribution in [0.15, 0.2) is 83.8 Å². The zero-order valence-corrected chi connectivity index (χ0v) is 20.2. The van der Waals surface area contributed by atoms with E-state index in [2.05, 4.69) is 5.32 Å². The number of benzene rings is 3. The van der Waals surface area contributed by atoms with Gasteiger partial charge in [0.2, 0.25) is 11.8 Å². The highest BCUT2D eigenvalue weighted by molar-refractivity contribution is 7.90. The molecule has 0 aromatic heterocycles. The molecule has 0 unspecified atom stereocenters. The molecule has 186 valence electrons. The Morgan fingerprint density at radius 3 is 2.22 bits per heavy atom. The maximum absolute atomic E-state index is 13.6. The van der Waals surface area contributed by atoms with Crippen molar-refractivity contribution in [1.29, 1.82) is 0 Å². The molecule has 1 atom stereocenters. The van der Waals surface area contributed by atoms with Crippen molar-refractivity contribution in [2.75, 3.05) is 13.6 Å². The normalized spacial score (nSPS) is 14.7. The molecule has 8 nitrogen and oxygen atoms in total. The molecule has 1 N–H and O–H groups in total. The first-order chi connectivity index (χ1) is 17.2. The molecule has 36 heavy (non-hydrogen) atoms. The fraction of sp³-hybridized carbons (Fsp3) is 0.192. The maximum Gasteiger partial charge on any atom is 0.269 e. The topological polar surface area (TPSA) is 104 Å². The molecule has 3 aromatic carbocycles. The first-order valence-corrected chi connectivity index (χ1v) is 12.6. The minimum Gasteiger partial charge on any atom is -0.357 e. The molecule has 0 fully saturated rings. The van der Waals surface area contributed by atoms with Crippen molar-refractivity contribution < 1.29 is 27.2 Å². The van der Waals surface area contributed by atoms with Crippen LogP contribution in [0.3, 0.4) is 0 Å². The van der Waals surface area contributed by atoms with Gasteiger partial charge in [-0.1, -0.05) is 54.6 Å². The molecule has 0 spiro atoms. The third-order valence-electron chi connectivity index (χ3n) is 5.97. The monoisotopic (exact) mass is 509 g/mol. The van der Waals surface area contributed by atoms with E-state index in [9.17, 15) is 27.2 Å². The number of nitrogens with zero attached hydrogens (tertiary/aromatic N) is 2. The van der Waals surface area contributed by atoms with Crippen molar-refractivity contribution in [1.82, 2.24) is 14.5 Å². The van der Waals surface area contributed by atoms with E-state index in [0.29, 0.717) is 9.87 Å². The van der Waals surface area contributed by atoms with E-state index >= 15 is 0 Å². The Labute approximate surface area is 208 Å². The molecule has 1 aliphatic heterocycles. The molecule has 1 aliphatic rings. The van der Waals surface area contributed by atoms with Crippen LogP contribution in [-0.2, 0) is 32.6 Å². The minimum absolute atomic E-state index is 0.0116. The highest BCUT2D eigenvalue weighted by Crippen LogP contribution is 2.30. The first-order valence-electron chi connectivity index (χ1n) is 11.2. The quantitative estimate of drug-likeness (QED) is 0.502. The van der Waals surface area contributed by atoms with Crippen LogP contribution in [0.1, 0.15) is 21.5 Å². The Balaban J connectivity index is 1.69. The largest absolute Gasteiger partial charge is 0.357 e. The number of carbonyl (C=O) groups is 3. The van der Waals surface area contributed by atoms with Gasteiger partial charge in [0.15, 0.2) is 0 Å². The number of fused-ring (bicyclic) bond motifs is 1. The molecule has 3 aromatic rings. The lowest BCUT2D eigenvalue weighted by Crippen LogP contribution is -2.52. The van der Waals surface area contributed by atoms with Crippen molar-refractivity contribution >= 4 is 27.7 Å². The maximum atomic E-state index is 13.6. The number of hydrogen-bond donors (Lipinski definition) is 1. The average Bonchev–Trinajstić information content (AvgIpc) is 3.08. The van der Waals surface area contributed by atoms with E-state index < -0.39 is 46.1 Å². The average molecular weight is 510 g/mol. The Morgan fingerprint density at radius 2 is 1.58 bits per heavy atom. The highest BCUT2D eigenvalue weighted by atomic mass is 32.2. The van der Waals surface area contributed by atoms with Gasteiger partial charge in [-0.2, -0.15) is 0 Å². The van der Waals surface area contributed by atoms with Crippen LogP contribution in [0.2, 0.25) is 0 Å². The van der Waals surface area contributed by atoms with Gasteiger partial charge >= 0.3 is 0 Å². The van der Waals surface area contributed by atoms with E-state index in [-0.39, 0.29) is 23.4 Å². The lowest BCUT2D eigenvalue weighted by Gasteiger charge is -2.32. The Morgan fingerprint density at radius 1 is 0.944 bits per heavy atom. The van der Waals surface area contributed by atoms with Crippen molar-refractivity contribution in [3.05, 3.63) is 101 Å². The summed E-state index contributed by atoms with van der Waals surface area (Å²) >= 11 is 0. The number of nitrogens with one attached hydrogen (secondary N) is 1. The summed E-state index contributed by atoms with van der Waals surface area (Å²) in [6.45, 7) is -0.877. The Kier molecular flexibility index (Phi) is 7.16. The molecular formula is C26H24FN3O5S. The summed E-state index contributed by atoms with van der Waals surface area (Å²) in [5.41, 5.74) is 1.30. The second-order valence-corrected chi connectivity index (χ2v) is 10.1. The SMILES string of the molecule is CNC(=O)[C@H](Cc1ccccc1)N(Cc1ccc(F)cc1)C(=O)CN1C(=O)c2ccccc2S1(=O)=O. The van der Waals surface area contributed by atoms with Gasteiger partial charge in [-0.3, -0.25) is 14.4 Å². The predicted octanol–water partition coefficient (Wildman–Crippen LogP) is 2.36. The van der Waals surface area contributed by atoms with Crippen molar-refractivity contribution in [2.45, 2.75) is 23.9 Å². The summed E-state index contributed by atoms with van der Waals surface area (Å²) in [6.07, 6.45) is 0.147. The molecule has 0 bridgehead atoms. The van der Waals surface area contributed by atoms with Crippen LogP contribution in [0.4, 0.5) is 4.39 Å². The summed E-state index contributed by atoms with van der Waals surface area (Å²) in [6, 6.07) is 19.2. The molecule has 0 saturated carbocycles. The number of amides is 3. The molecule has 1 heterocycles. The summed E-state index contributed by atoms with van der Waals surface area (Å²) in [5, 5.41) is 2.56. The zero-order valence-electron chi connectivity index (χ0n) is 19.4. The molecular weight excluding hydrogens is 485 g/mol. The van der Waals surface area contributed by atoms with Gasteiger partial charge in [-0.25, -0.2) is 17.1 Å². The fourth-order valence-electron chi connectivity index (χ4n) is 4.11. The first kappa shape index (κ1) is 25.1. The standard InChI is InChI=1S/C26H24FN3O5S/c1-28-25(32)22(15-18-7-3-2-4-8-18)29(16-19-11-13-20(27)14-12-19)24(31)17-30-26(33)21-9-5-6-10-23(21)36(30,34)35/h2-14,22H,15-17H2,1H3,(H,28,32)/t22-/m0/s1. The van der Waals surface area contributed by atoms with E-state index in [1.165, 1.54) is 54.4 Å². The number of likely N-dealkylation sites (N-methyl/N-ethyl adjacent to an activating group) is 1. The van der Waals surface area contributed by atoms with Crippen molar-refractivity contribution in [3.63, 3.8) is 0 Å². The Bertz CT molecular complexity index is 1390. The van der Waals surface area contributed by atoms with Gasteiger partial charge in [-0.05, 0) is 35.4 Å². The van der Waals surface area contributed by atoms with E-state index in [4.69, 9.17) is 0 Å². The van der Waals surface area contributed by atoms with E-state index in [1.807, 2.05) is 18.2 Å². The van der Waals surface area contributed by atoms with Crippen LogP contribution in [0.25, 0.3) is 0 Å². The van der Waals surface area contributed by atoms with Crippen molar-refractivity contribution in [2.24, 2.45) is 0 Å². The summed E-state index contributed by atoms with van der Waals surface area (Å²) < 4.78 is 40.0. The van der Waals surface area contributed by atoms with Crippen LogP contribution in [-0.4, -0.2) is 55.0 Å². The molecule has 4 rings (SSSR count). The van der Waals surface area contributed by atoms with Crippen LogP contribution in [0, 0.1) is 5.82 Å². The molecule has 10 heteroatoms. The summed E-state index contributed by atoms with van der Waals surface area (Å²) in [7, 11) is -2.79. The predicted molar refractivity (Wildman–Crippen MR) is 130 cm³/mol. The van der Waals surface area contributed by atoms with Crippen molar-refractivity contribution in [3.8, 4) is 0 Å². The second-order valence-electron chi connectivity index (χ2n) is 8.28. The van der Waals surface area contributed by atoms with Crippen LogP contribution in [0.5, 0.6) is 0 Å². The second kappa shape index (κ2) is 10.3. The van der Waals surface area contributed by atoms with Gasteiger partial charge in [-0.15, -0.1) is 0 Å². The Hall–Kier alpha value is -4.05. The van der Waals surface area contributed by atoms with Crippen LogP contribution < -0.4 is 5.32 Å². The van der Waals surface area contributed by atoms with Gasteiger partial charge in [0, 0.05) is 20.0 Å². The molecule has 3 amide bonds.